The Labute approximate surface area is 199 Å². The zero-order valence-electron chi connectivity index (χ0n) is 20.0. The fraction of sp³-hybridized carbons (Fsp3) is 0.333. The first kappa shape index (κ1) is 22.1. The van der Waals surface area contributed by atoms with Gasteiger partial charge in [0.2, 0.25) is 0 Å². The molecule has 0 spiro atoms. The van der Waals surface area contributed by atoms with Crippen molar-refractivity contribution >= 4 is 22.6 Å². The quantitative estimate of drug-likeness (QED) is 0.596. The molecule has 2 aliphatic rings. The number of pyridine rings is 2. The predicted octanol–water partition coefficient (Wildman–Crippen LogP) is 4.08. The summed E-state index contributed by atoms with van der Waals surface area (Å²) in [5.74, 6) is 1.76. The second-order valence-electron chi connectivity index (χ2n) is 8.79. The van der Waals surface area contributed by atoms with Crippen LogP contribution in [0.2, 0.25) is 0 Å². The molecule has 4 heterocycles. The largest absolute Gasteiger partial charge is 0.373 e. The molecule has 0 saturated carbocycles. The first-order valence-corrected chi connectivity index (χ1v) is 11.9. The molecule has 34 heavy (non-hydrogen) atoms. The first-order valence-electron chi connectivity index (χ1n) is 11.9. The number of hydrogen-bond donors (Lipinski definition) is 0. The van der Waals surface area contributed by atoms with Crippen LogP contribution < -0.4 is 5.56 Å². The highest BCUT2D eigenvalue weighted by Gasteiger charge is 2.30. The SMILES string of the molecule is CCN=C1/C(=C(\C)N2CCC(n3c(=O)ccc4ccccc43)CC2)N=C(c2cccnc2)N1C. The molecule has 1 aromatic carbocycles. The topological polar surface area (TPSA) is 66.1 Å². The summed E-state index contributed by atoms with van der Waals surface area (Å²) in [5.41, 5.74) is 4.12. The van der Waals surface area contributed by atoms with Crippen molar-refractivity contribution in [1.29, 1.82) is 0 Å². The summed E-state index contributed by atoms with van der Waals surface area (Å²) in [7, 11) is 2.01. The van der Waals surface area contributed by atoms with Gasteiger partial charge in [0.1, 0.15) is 11.5 Å². The monoisotopic (exact) mass is 454 g/mol. The van der Waals surface area contributed by atoms with Gasteiger partial charge in [0.25, 0.3) is 5.56 Å². The van der Waals surface area contributed by atoms with E-state index in [1.54, 1.807) is 12.3 Å². The van der Waals surface area contributed by atoms with Crippen LogP contribution in [0.3, 0.4) is 0 Å². The summed E-state index contributed by atoms with van der Waals surface area (Å²) in [6.07, 6.45) is 5.43. The average molecular weight is 455 g/mol. The van der Waals surface area contributed by atoms with Gasteiger partial charge >= 0.3 is 0 Å². The van der Waals surface area contributed by atoms with Crippen molar-refractivity contribution in [2.24, 2.45) is 9.98 Å². The third-order valence-corrected chi connectivity index (χ3v) is 6.78. The summed E-state index contributed by atoms with van der Waals surface area (Å²) in [6, 6.07) is 15.9. The number of nitrogens with zero attached hydrogens (tertiary/aromatic N) is 6. The van der Waals surface area contributed by atoms with Gasteiger partial charge in [-0.05, 0) is 56.3 Å². The van der Waals surface area contributed by atoms with Crippen LogP contribution in [0, 0.1) is 0 Å². The fourth-order valence-electron chi connectivity index (χ4n) is 5.01. The van der Waals surface area contributed by atoms with Crippen LogP contribution in [0.25, 0.3) is 10.9 Å². The van der Waals surface area contributed by atoms with Crippen LogP contribution in [-0.4, -0.2) is 57.7 Å². The maximum Gasteiger partial charge on any atom is 0.251 e. The van der Waals surface area contributed by atoms with E-state index in [0.717, 1.165) is 65.5 Å². The number of benzene rings is 1. The first-order chi connectivity index (χ1) is 16.6. The number of allylic oxidation sites excluding steroid dienone is 1. The van der Waals surface area contributed by atoms with Gasteiger partial charge in [0.15, 0.2) is 5.84 Å². The smallest absolute Gasteiger partial charge is 0.251 e. The Hall–Kier alpha value is -3.74. The summed E-state index contributed by atoms with van der Waals surface area (Å²) < 4.78 is 1.99. The molecule has 0 amide bonds. The summed E-state index contributed by atoms with van der Waals surface area (Å²) in [5, 5.41) is 1.11. The van der Waals surface area contributed by atoms with Gasteiger partial charge in [0.05, 0.1) is 5.52 Å². The molecule has 5 rings (SSSR count). The van der Waals surface area contributed by atoms with Crippen LogP contribution in [0.4, 0.5) is 0 Å². The van der Waals surface area contributed by atoms with E-state index < -0.39 is 0 Å². The van der Waals surface area contributed by atoms with Crippen LogP contribution in [0.15, 0.2) is 87.1 Å². The van der Waals surface area contributed by atoms with Crippen molar-refractivity contribution in [3.05, 3.63) is 88.2 Å². The fourth-order valence-corrected chi connectivity index (χ4v) is 5.01. The number of para-hydroxylation sites is 1. The summed E-state index contributed by atoms with van der Waals surface area (Å²) in [6.45, 7) is 6.61. The number of fused-ring (bicyclic) bond motifs is 1. The number of likely N-dealkylation sites (N-methyl/N-ethyl adjacent to an activating group) is 1. The zero-order chi connectivity index (χ0) is 23.7. The van der Waals surface area contributed by atoms with E-state index in [4.69, 9.17) is 9.98 Å². The molecule has 0 atom stereocenters. The molecule has 174 valence electrons. The van der Waals surface area contributed by atoms with Crippen molar-refractivity contribution in [2.75, 3.05) is 26.7 Å². The van der Waals surface area contributed by atoms with E-state index in [2.05, 4.69) is 27.8 Å². The standard InChI is InChI=1S/C27H30N6O/c1-4-29-27-25(30-26(31(27)3)21-9-7-15-28-18-21)19(2)32-16-13-22(14-17-32)33-23-10-6-5-8-20(23)11-12-24(33)34/h5-12,15,18,22H,4,13-14,16-17H2,1-3H3/b25-19-,29-27?. The lowest BCUT2D eigenvalue weighted by Crippen LogP contribution is -2.37. The van der Waals surface area contributed by atoms with Crippen LogP contribution in [0.1, 0.15) is 38.3 Å². The van der Waals surface area contributed by atoms with Gasteiger partial charge in [-0.1, -0.05) is 18.2 Å². The van der Waals surface area contributed by atoms with Gasteiger partial charge in [0, 0.05) is 62.4 Å². The molecule has 0 radical (unpaired) electrons. The number of likely N-dealkylation sites (tertiary alicyclic amines) is 1. The highest BCUT2D eigenvalue weighted by molar-refractivity contribution is 6.20. The third-order valence-electron chi connectivity index (χ3n) is 6.78. The molecule has 2 aliphatic heterocycles. The Morgan fingerprint density at radius 3 is 2.62 bits per heavy atom. The van der Waals surface area contributed by atoms with Crippen molar-refractivity contribution in [2.45, 2.75) is 32.7 Å². The van der Waals surface area contributed by atoms with Gasteiger partial charge in [-0.2, -0.15) is 0 Å². The number of rotatable bonds is 4. The minimum atomic E-state index is 0.0766. The molecular weight excluding hydrogens is 424 g/mol. The van der Waals surface area contributed by atoms with Crippen LogP contribution >= 0.6 is 0 Å². The van der Waals surface area contributed by atoms with Gasteiger partial charge < -0.3 is 14.4 Å². The normalized spacial score (nSPS) is 19.7. The lowest BCUT2D eigenvalue weighted by atomic mass is 10.0. The number of aromatic nitrogens is 2. The Morgan fingerprint density at radius 2 is 1.88 bits per heavy atom. The molecule has 1 saturated heterocycles. The number of piperidine rings is 1. The zero-order valence-corrected chi connectivity index (χ0v) is 20.0. The highest BCUT2D eigenvalue weighted by Crippen LogP contribution is 2.30. The molecule has 0 bridgehead atoms. The molecular formula is C27H30N6O. The van der Waals surface area contributed by atoms with Crippen molar-refractivity contribution in [3.63, 3.8) is 0 Å². The molecule has 0 aliphatic carbocycles. The number of amidine groups is 2. The molecule has 1 fully saturated rings. The highest BCUT2D eigenvalue weighted by atomic mass is 16.1. The molecule has 7 heteroatoms. The average Bonchev–Trinajstić information content (AvgIpc) is 3.20. The molecule has 0 unspecified atom stereocenters. The minimum absolute atomic E-state index is 0.0766. The lowest BCUT2D eigenvalue weighted by Gasteiger charge is -2.35. The molecule has 2 aromatic heterocycles. The third kappa shape index (κ3) is 3.91. The molecule has 0 N–H and O–H groups in total. The van der Waals surface area contributed by atoms with Crippen molar-refractivity contribution < 1.29 is 0 Å². The summed E-state index contributed by atoms with van der Waals surface area (Å²) in [4.78, 5) is 31.2. The second-order valence-corrected chi connectivity index (χ2v) is 8.79. The van der Waals surface area contributed by atoms with E-state index in [9.17, 15) is 4.79 Å². The van der Waals surface area contributed by atoms with Crippen LogP contribution in [0.5, 0.6) is 0 Å². The minimum Gasteiger partial charge on any atom is -0.373 e. The lowest BCUT2D eigenvalue weighted by molar-refractivity contribution is 0.228. The molecule has 3 aromatic rings. The van der Waals surface area contributed by atoms with E-state index in [1.165, 1.54) is 0 Å². The predicted molar refractivity (Wildman–Crippen MR) is 137 cm³/mol. The summed E-state index contributed by atoms with van der Waals surface area (Å²) >= 11 is 0. The number of hydrogen-bond acceptors (Lipinski definition) is 5. The maximum absolute atomic E-state index is 12.8. The van der Waals surface area contributed by atoms with E-state index in [0.29, 0.717) is 6.54 Å². The Morgan fingerprint density at radius 1 is 1.09 bits per heavy atom. The second kappa shape index (κ2) is 9.25. The van der Waals surface area contributed by atoms with E-state index in [1.807, 2.05) is 61.1 Å². The van der Waals surface area contributed by atoms with Crippen LogP contribution in [-0.2, 0) is 0 Å². The van der Waals surface area contributed by atoms with E-state index in [-0.39, 0.29) is 11.6 Å². The van der Waals surface area contributed by atoms with Gasteiger partial charge in [-0.25, -0.2) is 4.99 Å². The van der Waals surface area contributed by atoms with Gasteiger partial charge in [-0.15, -0.1) is 0 Å². The van der Waals surface area contributed by atoms with Crippen molar-refractivity contribution in [3.8, 4) is 0 Å². The Kier molecular flexibility index (Phi) is 6.01. The van der Waals surface area contributed by atoms with Crippen molar-refractivity contribution in [1.82, 2.24) is 19.4 Å². The Balaban J connectivity index is 1.43. The van der Waals surface area contributed by atoms with Gasteiger partial charge in [-0.3, -0.25) is 14.8 Å². The number of aliphatic imine (C=N–C) groups is 2. The molecule has 7 nitrogen and oxygen atoms in total. The maximum atomic E-state index is 12.8. The Bertz CT molecular complexity index is 1350. The van der Waals surface area contributed by atoms with E-state index >= 15 is 0 Å².